The number of nitrogens with one attached hydrogen (secondary N) is 4. The Balaban J connectivity index is 1.28. The average Bonchev–Trinajstić information content (AvgIpc) is 2.89. The Labute approximate surface area is 169 Å². The van der Waals surface area contributed by atoms with Gasteiger partial charge in [-0.3, -0.25) is 10.1 Å². The van der Waals surface area contributed by atoms with E-state index in [9.17, 15) is 14.4 Å². The zero-order valence-electron chi connectivity index (χ0n) is 15.6. The molecule has 8 heteroatoms. The number of hydrogen-bond acceptors (Lipinski definition) is 3. The molecule has 1 aliphatic heterocycles. The molecule has 5 amide bonds. The first-order valence-electron chi connectivity index (χ1n) is 9.85. The number of benzene rings is 1. The maximum Gasteiger partial charge on any atom is 0.322 e. The lowest BCUT2D eigenvalue weighted by molar-refractivity contribution is -0.125. The van der Waals surface area contributed by atoms with Crippen LogP contribution in [0.5, 0.6) is 0 Å². The summed E-state index contributed by atoms with van der Waals surface area (Å²) in [6.45, 7) is 0.578. The van der Waals surface area contributed by atoms with E-state index in [0.717, 1.165) is 19.3 Å². The molecule has 1 aromatic rings. The zero-order chi connectivity index (χ0) is 19.8. The molecular formula is C20H25ClN4O3. The van der Waals surface area contributed by atoms with E-state index < -0.39 is 11.6 Å². The zero-order valence-corrected chi connectivity index (χ0v) is 16.4. The molecule has 2 aliphatic carbocycles. The summed E-state index contributed by atoms with van der Waals surface area (Å²) in [7, 11) is 0. The molecule has 28 heavy (non-hydrogen) atoms. The fourth-order valence-corrected chi connectivity index (χ4v) is 4.80. The maximum atomic E-state index is 12.4. The number of rotatable bonds is 4. The first-order valence-corrected chi connectivity index (χ1v) is 10.2. The minimum absolute atomic E-state index is 0.000521. The number of halogens is 1. The topological polar surface area (TPSA) is 99.3 Å². The van der Waals surface area contributed by atoms with Gasteiger partial charge in [-0.2, -0.15) is 0 Å². The van der Waals surface area contributed by atoms with Crippen LogP contribution in [0.1, 0.15) is 50.5 Å². The number of amides is 5. The summed E-state index contributed by atoms with van der Waals surface area (Å²) in [6, 6.07) is 7.26. The van der Waals surface area contributed by atoms with Crippen molar-refractivity contribution in [1.29, 1.82) is 0 Å². The molecule has 0 aromatic heterocycles. The smallest absolute Gasteiger partial charge is 0.322 e. The monoisotopic (exact) mass is 404 g/mol. The molecule has 3 fully saturated rings. The predicted molar refractivity (Wildman–Crippen MR) is 105 cm³/mol. The van der Waals surface area contributed by atoms with E-state index in [1.165, 1.54) is 5.56 Å². The van der Waals surface area contributed by atoms with Gasteiger partial charge in [-0.15, -0.1) is 0 Å². The standard InChI is InChI=1S/C20H25ClN4O3/c21-14-4-1-3-13(11-14)19(7-2-8-19)12-22-17(27)23-15-5-9-20(10-6-15)16(26)24-18(28)25-20/h1,3-4,11,15H,2,5-10,12H2,(H2,22,23,27)(H2,24,25,26,28). The summed E-state index contributed by atoms with van der Waals surface area (Å²) in [4.78, 5) is 35.8. The van der Waals surface area contributed by atoms with Gasteiger partial charge in [0, 0.05) is 23.0 Å². The van der Waals surface area contributed by atoms with Gasteiger partial charge in [0.25, 0.3) is 5.91 Å². The lowest BCUT2D eigenvalue weighted by Crippen LogP contribution is -2.54. The van der Waals surface area contributed by atoms with Crippen LogP contribution in [0.2, 0.25) is 5.02 Å². The van der Waals surface area contributed by atoms with Crippen LogP contribution >= 0.6 is 11.6 Å². The van der Waals surface area contributed by atoms with Crippen LogP contribution in [0.4, 0.5) is 9.59 Å². The normalized spacial score (nSPS) is 28.2. The molecule has 4 N–H and O–H groups in total. The van der Waals surface area contributed by atoms with Gasteiger partial charge in [0.2, 0.25) is 0 Å². The largest absolute Gasteiger partial charge is 0.337 e. The lowest BCUT2D eigenvalue weighted by Gasteiger charge is -2.43. The van der Waals surface area contributed by atoms with Crippen molar-refractivity contribution >= 4 is 29.6 Å². The first-order chi connectivity index (χ1) is 13.4. The molecule has 150 valence electrons. The third-order valence-electron chi connectivity index (χ3n) is 6.52. The molecule has 1 heterocycles. The third-order valence-corrected chi connectivity index (χ3v) is 6.76. The van der Waals surface area contributed by atoms with Crippen LogP contribution in [0.3, 0.4) is 0 Å². The number of imide groups is 1. The highest BCUT2D eigenvalue weighted by atomic mass is 35.5. The van der Waals surface area contributed by atoms with E-state index in [-0.39, 0.29) is 23.4 Å². The molecule has 0 unspecified atom stereocenters. The quantitative estimate of drug-likeness (QED) is 0.580. The second kappa shape index (κ2) is 7.28. The predicted octanol–water partition coefficient (Wildman–Crippen LogP) is 2.58. The van der Waals surface area contributed by atoms with Crippen molar-refractivity contribution in [2.24, 2.45) is 0 Å². The van der Waals surface area contributed by atoms with Gasteiger partial charge in [0.15, 0.2) is 0 Å². The van der Waals surface area contributed by atoms with Gasteiger partial charge in [-0.1, -0.05) is 30.2 Å². The molecule has 0 atom stereocenters. The van der Waals surface area contributed by atoms with Crippen molar-refractivity contribution in [1.82, 2.24) is 21.3 Å². The van der Waals surface area contributed by atoms with Crippen LogP contribution in [-0.4, -0.2) is 36.1 Å². The summed E-state index contributed by atoms with van der Waals surface area (Å²) in [5, 5.41) is 11.8. The Kier molecular flexibility index (Phi) is 4.95. The highest BCUT2D eigenvalue weighted by molar-refractivity contribution is 6.30. The lowest BCUT2D eigenvalue weighted by atomic mass is 9.64. The van der Waals surface area contributed by atoms with Gasteiger partial charge >= 0.3 is 12.1 Å². The minimum Gasteiger partial charge on any atom is -0.337 e. The Bertz CT molecular complexity index is 800. The first kappa shape index (κ1) is 19.1. The maximum absolute atomic E-state index is 12.4. The Morgan fingerprint density at radius 3 is 2.50 bits per heavy atom. The van der Waals surface area contributed by atoms with Crippen molar-refractivity contribution in [2.75, 3.05) is 6.54 Å². The van der Waals surface area contributed by atoms with E-state index in [4.69, 9.17) is 11.6 Å². The number of urea groups is 2. The highest BCUT2D eigenvalue weighted by Crippen LogP contribution is 2.43. The van der Waals surface area contributed by atoms with E-state index in [0.29, 0.717) is 37.3 Å². The van der Waals surface area contributed by atoms with Crippen LogP contribution in [0.15, 0.2) is 24.3 Å². The van der Waals surface area contributed by atoms with Crippen molar-refractivity contribution in [2.45, 2.75) is 61.9 Å². The van der Waals surface area contributed by atoms with Gasteiger partial charge < -0.3 is 16.0 Å². The summed E-state index contributed by atoms with van der Waals surface area (Å²) in [5.74, 6) is -0.256. The van der Waals surface area contributed by atoms with Crippen LogP contribution in [0.25, 0.3) is 0 Å². The number of hydrogen-bond donors (Lipinski definition) is 4. The molecule has 3 aliphatic rings. The number of carbonyl (C=O) groups is 3. The molecule has 7 nitrogen and oxygen atoms in total. The van der Waals surface area contributed by atoms with Crippen LogP contribution in [0, 0.1) is 0 Å². The second-order valence-electron chi connectivity index (χ2n) is 8.24. The van der Waals surface area contributed by atoms with Gasteiger partial charge in [0.1, 0.15) is 5.54 Å². The molecule has 2 saturated carbocycles. The fourth-order valence-electron chi connectivity index (χ4n) is 4.61. The van der Waals surface area contributed by atoms with E-state index in [2.05, 4.69) is 27.3 Å². The van der Waals surface area contributed by atoms with Crippen LogP contribution < -0.4 is 21.3 Å². The second-order valence-corrected chi connectivity index (χ2v) is 8.67. The van der Waals surface area contributed by atoms with Crippen LogP contribution in [-0.2, 0) is 10.2 Å². The molecule has 0 bridgehead atoms. The molecule has 1 aromatic carbocycles. The van der Waals surface area contributed by atoms with Crippen molar-refractivity contribution < 1.29 is 14.4 Å². The molecule has 1 spiro atoms. The Morgan fingerprint density at radius 2 is 1.93 bits per heavy atom. The fraction of sp³-hybridized carbons (Fsp3) is 0.550. The molecular weight excluding hydrogens is 380 g/mol. The minimum atomic E-state index is -0.797. The summed E-state index contributed by atoms with van der Waals surface area (Å²) in [5.41, 5.74) is 0.341. The molecule has 1 saturated heterocycles. The van der Waals surface area contributed by atoms with Crippen molar-refractivity contribution in [3.8, 4) is 0 Å². The molecule has 4 rings (SSSR count). The Morgan fingerprint density at radius 1 is 1.18 bits per heavy atom. The van der Waals surface area contributed by atoms with Gasteiger partial charge in [-0.25, -0.2) is 9.59 Å². The van der Waals surface area contributed by atoms with Gasteiger partial charge in [0.05, 0.1) is 0 Å². The van der Waals surface area contributed by atoms with Gasteiger partial charge in [-0.05, 0) is 56.2 Å². The summed E-state index contributed by atoms with van der Waals surface area (Å²) >= 11 is 6.14. The van der Waals surface area contributed by atoms with E-state index in [1.807, 2.05) is 18.2 Å². The highest BCUT2D eigenvalue weighted by Gasteiger charge is 2.48. The van der Waals surface area contributed by atoms with E-state index >= 15 is 0 Å². The van der Waals surface area contributed by atoms with Crippen molar-refractivity contribution in [3.05, 3.63) is 34.9 Å². The third kappa shape index (κ3) is 3.55. The van der Waals surface area contributed by atoms with Crippen molar-refractivity contribution in [3.63, 3.8) is 0 Å². The summed E-state index contributed by atoms with van der Waals surface area (Å²) < 4.78 is 0. The van der Waals surface area contributed by atoms with E-state index in [1.54, 1.807) is 0 Å². The number of carbonyl (C=O) groups excluding carboxylic acids is 3. The molecule has 0 radical (unpaired) electrons. The Hall–Kier alpha value is -2.28. The summed E-state index contributed by atoms with van der Waals surface area (Å²) in [6.07, 6.45) is 5.59. The average molecular weight is 405 g/mol. The SMILES string of the molecule is O=C(NCC1(c2cccc(Cl)c2)CCC1)NC1CCC2(CC1)NC(=O)NC2=O.